The molecule has 0 aliphatic rings. The Morgan fingerprint density at radius 1 is 1.45 bits per heavy atom. The van der Waals surface area contributed by atoms with Gasteiger partial charge in [0.2, 0.25) is 5.43 Å². The number of benzene rings is 1. The third-order valence-corrected chi connectivity index (χ3v) is 3.65. The van der Waals surface area contributed by atoms with Crippen molar-refractivity contribution in [3.8, 4) is 0 Å². The van der Waals surface area contributed by atoms with E-state index in [-0.39, 0.29) is 18.7 Å². The third-order valence-electron chi connectivity index (χ3n) is 3.16. The van der Waals surface area contributed by atoms with E-state index in [2.05, 4.69) is 15.9 Å². The first kappa shape index (κ1) is 16.7. The Balaban J connectivity index is 2.68. The molecule has 0 fully saturated rings. The van der Waals surface area contributed by atoms with Crippen LogP contribution in [-0.4, -0.2) is 40.1 Å². The van der Waals surface area contributed by atoms with Gasteiger partial charge in [-0.2, -0.15) is 0 Å². The summed E-state index contributed by atoms with van der Waals surface area (Å²) in [5, 5.41) is 19.0. The van der Waals surface area contributed by atoms with Crippen molar-refractivity contribution in [1.82, 2.24) is 4.57 Å². The van der Waals surface area contributed by atoms with E-state index < -0.39 is 24.1 Å². The molecule has 118 valence electrons. The van der Waals surface area contributed by atoms with E-state index in [1.165, 1.54) is 6.20 Å². The van der Waals surface area contributed by atoms with Crippen LogP contribution in [0.2, 0.25) is 0 Å². The second-order valence-electron chi connectivity index (χ2n) is 4.74. The number of hydrogen-bond donors (Lipinski definition) is 2. The van der Waals surface area contributed by atoms with Gasteiger partial charge in [0, 0.05) is 16.1 Å². The minimum Gasteiger partial charge on any atom is -0.462 e. The maximum absolute atomic E-state index is 12.4. The standard InChI is InChI=1S/C15H16BrNO5/c1-2-22-15(21)12-7-17(6-10(19)8-18)13-5-9(16)3-4-11(13)14(12)20/h3-5,7,10,18-19H,2,6,8H2,1H3. The zero-order chi connectivity index (χ0) is 16.3. The lowest BCUT2D eigenvalue weighted by Crippen LogP contribution is -2.25. The van der Waals surface area contributed by atoms with Gasteiger partial charge in [0.05, 0.1) is 31.4 Å². The number of aliphatic hydroxyl groups excluding tert-OH is 2. The van der Waals surface area contributed by atoms with Crippen LogP contribution in [-0.2, 0) is 11.3 Å². The van der Waals surface area contributed by atoms with Gasteiger partial charge in [-0.05, 0) is 25.1 Å². The number of ether oxygens (including phenoxy) is 1. The van der Waals surface area contributed by atoms with Crippen LogP contribution in [0.15, 0.2) is 33.7 Å². The molecule has 1 aromatic heterocycles. The van der Waals surface area contributed by atoms with Gasteiger partial charge in [-0.3, -0.25) is 4.79 Å². The van der Waals surface area contributed by atoms with Gasteiger partial charge >= 0.3 is 5.97 Å². The van der Waals surface area contributed by atoms with Crippen LogP contribution >= 0.6 is 15.9 Å². The molecule has 2 rings (SSSR count). The van der Waals surface area contributed by atoms with Crippen LogP contribution in [0.1, 0.15) is 17.3 Å². The minimum atomic E-state index is -1.00. The highest BCUT2D eigenvalue weighted by atomic mass is 79.9. The van der Waals surface area contributed by atoms with Gasteiger partial charge in [0.15, 0.2) is 0 Å². The topological polar surface area (TPSA) is 88.8 Å². The first-order chi connectivity index (χ1) is 10.5. The SMILES string of the molecule is CCOC(=O)c1cn(CC(O)CO)c2cc(Br)ccc2c1=O. The molecule has 7 heteroatoms. The van der Waals surface area contributed by atoms with Gasteiger partial charge in [-0.1, -0.05) is 15.9 Å². The number of carbonyl (C=O) groups is 1. The predicted molar refractivity (Wildman–Crippen MR) is 85.0 cm³/mol. The molecule has 6 nitrogen and oxygen atoms in total. The lowest BCUT2D eigenvalue weighted by molar-refractivity contribution is 0.0522. The molecule has 1 heterocycles. The molecule has 22 heavy (non-hydrogen) atoms. The summed E-state index contributed by atoms with van der Waals surface area (Å²) in [6.45, 7) is 1.45. The first-order valence-corrected chi connectivity index (χ1v) is 7.56. The molecule has 0 aliphatic carbocycles. The molecule has 0 radical (unpaired) electrons. The highest BCUT2D eigenvalue weighted by Crippen LogP contribution is 2.19. The molecule has 2 N–H and O–H groups in total. The lowest BCUT2D eigenvalue weighted by Gasteiger charge is -2.15. The fraction of sp³-hybridized carbons (Fsp3) is 0.333. The normalized spacial score (nSPS) is 12.4. The van der Waals surface area contributed by atoms with Crippen LogP contribution in [0, 0.1) is 0 Å². The van der Waals surface area contributed by atoms with Gasteiger partial charge in [-0.25, -0.2) is 4.79 Å². The molecule has 0 amide bonds. The molecular formula is C15H16BrNO5. The Hall–Kier alpha value is -1.70. The van der Waals surface area contributed by atoms with E-state index >= 15 is 0 Å². The molecule has 0 saturated heterocycles. The minimum absolute atomic E-state index is 0.0517. The highest BCUT2D eigenvalue weighted by Gasteiger charge is 2.17. The van der Waals surface area contributed by atoms with E-state index in [1.54, 1.807) is 29.7 Å². The Labute approximate surface area is 135 Å². The van der Waals surface area contributed by atoms with Crippen molar-refractivity contribution in [2.45, 2.75) is 19.6 Å². The van der Waals surface area contributed by atoms with Gasteiger partial charge in [0.1, 0.15) is 5.56 Å². The molecule has 0 spiro atoms. The molecule has 0 bridgehead atoms. The predicted octanol–water partition coefficient (Wildman–Crippen LogP) is 1.29. The average Bonchev–Trinajstić information content (AvgIpc) is 2.49. The van der Waals surface area contributed by atoms with Gasteiger partial charge in [-0.15, -0.1) is 0 Å². The summed E-state index contributed by atoms with van der Waals surface area (Å²) in [4.78, 5) is 24.3. The summed E-state index contributed by atoms with van der Waals surface area (Å²) in [6, 6.07) is 5.02. The zero-order valence-corrected chi connectivity index (χ0v) is 13.5. The largest absolute Gasteiger partial charge is 0.462 e. The highest BCUT2D eigenvalue weighted by molar-refractivity contribution is 9.10. The third kappa shape index (κ3) is 3.37. The summed E-state index contributed by atoms with van der Waals surface area (Å²) in [5.41, 5.74) is 0.0393. The monoisotopic (exact) mass is 369 g/mol. The number of hydrogen-bond acceptors (Lipinski definition) is 5. The van der Waals surface area contributed by atoms with Crippen molar-refractivity contribution < 1.29 is 19.7 Å². The second kappa shape index (κ2) is 7.04. The Bertz CT molecular complexity index is 755. The van der Waals surface area contributed by atoms with Crippen molar-refractivity contribution in [3.05, 3.63) is 44.7 Å². The number of aromatic nitrogens is 1. The van der Waals surface area contributed by atoms with Crippen LogP contribution in [0.3, 0.4) is 0 Å². The van der Waals surface area contributed by atoms with E-state index in [4.69, 9.17) is 9.84 Å². The Kier molecular flexibility index (Phi) is 5.33. The van der Waals surface area contributed by atoms with Gasteiger partial charge in [0.25, 0.3) is 0 Å². The number of fused-ring (bicyclic) bond motifs is 1. The molecule has 0 saturated carbocycles. The fourth-order valence-corrected chi connectivity index (χ4v) is 2.50. The van der Waals surface area contributed by atoms with Crippen molar-refractivity contribution in [2.75, 3.05) is 13.2 Å². The molecular weight excluding hydrogens is 354 g/mol. The van der Waals surface area contributed by atoms with Crippen molar-refractivity contribution in [2.24, 2.45) is 0 Å². The van der Waals surface area contributed by atoms with Crippen LogP contribution in [0.5, 0.6) is 0 Å². The molecule has 1 aromatic carbocycles. The zero-order valence-electron chi connectivity index (χ0n) is 12.0. The Morgan fingerprint density at radius 3 is 2.82 bits per heavy atom. The molecule has 1 atom stereocenters. The van der Waals surface area contributed by atoms with Crippen molar-refractivity contribution in [1.29, 1.82) is 0 Å². The van der Waals surface area contributed by atoms with E-state index in [1.807, 2.05) is 0 Å². The number of nitrogens with zero attached hydrogens (tertiary/aromatic N) is 1. The second-order valence-corrected chi connectivity index (χ2v) is 5.66. The van der Waals surface area contributed by atoms with Crippen LogP contribution in [0.25, 0.3) is 10.9 Å². The Morgan fingerprint density at radius 2 is 2.18 bits per heavy atom. The number of rotatable bonds is 5. The van der Waals surface area contributed by atoms with Gasteiger partial charge < -0.3 is 19.5 Å². The number of esters is 1. The maximum atomic E-state index is 12.4. The first-order valence-electron chi connectivity index (χ1n) is 6.76. The number of pyridine rings is 1. The molecule has 1 unspecified atom stereocenters. The smallest absolute Gasteiger partial charge is 0.343 e. The lowest BCUT2D eigenvalue weighted by atomic mass is 10.1. The van der Waals surface area contributed by atoms with Crippen LogP contribution < -0.4 is 5.43 Å². The summed E-state index contributed by atoms with van der Waals surface area (Å²) in [7, 11) is 0. The summed E-state index contributed by atoms with van der Waals surface area (Å²) >= 11 is 3.33. The summed E-state index contributed by atoms with van der Waals surface area (Å²) in [5.74, 6) is -0.704. The van der Waals surface area contributed by atoms with E-state index in [0.29, 0.717) is 10.9 Å². The molecule has 2 aromatic rings. The van der Waals surface area contributed by atoms with E-state index in [9.17, 15) is 14.7 Å². The maximum Gasteiger partial charge on any atom is 0.343 e. The van der Waals surface area contributed by atoms with E-state index in [0.717, 1.165) is 4.47 Å². The quantitative estimate of drug-likeness (QED) is 0.775. The number of aliphatic hydroxyl groups is 2. The summed E-state index contributed by atoms with van der Waals surface area (Å²) < 4.78 is 7.22. The summed E-state index contributed by atoms with van der Waals surface area (Å²) in [6.07, 6.45) is 0.355. The molecule has 0 aliphatic heterocycles. The number of halogens is 1. The number of carbonyl (C=O) groups excluding carboxylic acids is 1. The van der Waals surface area contributed by atoms with Crippen molar-refractivity contribution in [3.63, 3.8) is 0 Å². The van der Waals surface area contributed by atoms with Crippen LogP contribution in [0.4, 0.5) is 0 Å². The van der Waals surface area contributed by atoms with Crippen molar-refractivity contribution >= 4 is 32.8 Å². The average molecular weight is 370 g/mol. The fourth-order valence-electron chi connectivity index (χ4n) is 2.15.